The van der Waals surface area contributed by atoms with E-state index in [9.17, 15) is 14.4 Å². The number of aryl methyl sites for hydroxylation is 1. The monoisotopic (exact) mass is 374 g/mol. The Kier molecular flexibility index (Phi) is 4.66. The van der Waals surface area contributed by atoms with E-state index in [-0.39, 0.29) is 11.6 Å². The third kappa shape index (κ3) is 3.44. The number of carbonyl (C=O) groups excluding carboxylic acids is 1. The molecule has 1 aliphatic rings. The summed E-state index contributed by atoms with van der Waals surface area (Å²) < 4.78 is 13.1. The van der Waals surface area contributed by atoms with Gasteiger partial charge >= 0.3 is 0 Å². The first-order valence-electron chi connectivity index (χ1n) is 8.60. The fourth-order valence-electron chi connectivity index (χ4n) is 3.15. The summed E-state index contributed by atoms with van der Waals surface area (Å²) in [5.41, 5.74) is 4.18. The Balaban J connectivity index is 1.62. The number of carbonyl (C=O) groups is 1. The summed E-state index contributed by atoms with van der Waals surface area (Å²) in [5.74, 6) is -1.50. The van der Waals surface area contributed by atoms with Crippen molar-refractivity contribution in [2.24, 2.45) is 0 Å². The summed E-state index contributed by atoms with van der Waals surface area (Å²) >= 11 is 1.27. The summed E-state index contributed by atoms with van der Waals surface area (Å²) in [5, 5.41) is 11.8. The molecule has 1 aromatic heterocycles. The van der Waals surface area contributed by atoms with Crippen LogP contribution in [0.5, 0.6) is 0 Å². The van der Waals surface area contributed by atoms with E-state index in [4.69, 9.17) is 0 Å². The van der Waals surface area contributed by atoms with Crippen molar-refractivity contribution >= 4 is 23.2 Å². The number of allylic oxidation sites excluding steroid dienone is 1. The van der Waals surface area contributed by atoms with Gasteiger partial charge in [0.2, 0.25) is 0 Å². The zero-order chi connectivity index (χ0) is 18.8. The van der Waals surface area contributed by atoms with Gasteiger partial charge in [0, 0.05) is 16.5 Å². The van der Waals surface area contributed by atoms with Gasteiger partial charge in [0.25, 0.3) is 0 Å². The standard InChI is InChI=1S/C22H15FN2OS/c23-18-9-7-15(8-10-18)20-13-27-22(25-20)19(12-24)21(26)17-6-5-14-3-1-2-4-16(14)11-17/h1,3,5-11,13,19H,2,4H2. The average molecular weight is 374 g/mol. The minimum absolute atomic E-state index is 0.241. The molecule has 0 saturated heterocycles. The summed E-state index contributed by atoms with van der Waals surface area (Å²) in [4.78, 5) is 17.4. The molecule has 0 fully saturated rings. The van der Waals surface area contributed by atoms with E-state index in [0.29, 0.717) is 16.3 Å². The quantitative estimate of drug-likeness (QED) is 0.575. The number of halogens is 1. The van der Waals surface area contributed by atoms with E-state index in [1.807, 2.05) is 12.1 Å². The van der Waals surface area contributed by atoms with E-state index in [1.165, 1.54) is 23.5 Å². The third-order valence-electron chi connectivity index (χ3n) is 4.61. The molecule has 0 aliphatic heterocycles. The number of ketones is 1. The van der Waals surface area contributed by atoms with Gasteiger partial charge in [-0.3, -0.25) is 4.79 Å². The third-order valence-corrected chi connectivity index (χ3v) is 5.52. The predicted octanol–water partition coefficient (Wildman–Crippen LogP) is 5.40. The van der Waals surface area contributed by atoms with E-state index in [0.717, 1.165) is 29.5 Å². The first kappa shape index (κ1) is 17.3. The second-order valence-electron chi connectivity index (χ2n) is 6.36. The van der Waals surface area contributed by atoms with Crippen molar-refractivity contribution in [2.45, 2.75) is 18.8 Å². The molecular weight excluding hydrogens is 359 g/mol. The lowest BCUT2D eigenvalue weighted by Crippen LogP contribution is -2.12. The molecule has 0 bridgehead atoms. The van der Waals surface area contributed by atoms with Crippen molar-refractivity contribution < 1.29 is 9.18 Å². The SMILES string of the molecule is N#CC(C(=O)c1ccc2c(c1)CCC=C2)c1nc(-c2ccc(F)cc2)cs1. The topological polar surface area (TPSA) is 53.8 Å². The molecule has 0 radical (unpaired) electrons. The van der Waals surface area contributed by atoms with Gasteiger partial charge in [-0.2, -0.15) is 5.26 Å². The molecule has 0 spiro atoms. The lowest BCUT2D eigenvalue weighted by atomic mass is 9.91. The number of nitriles is 1. The number of Topliss-reactive ketones (excluding diaryl/α,β-unsaturated/α-hetero) is 1. The first-order chi connectivity index (χ1) is 13.2. The Hall–Kier alpha value is -3.10. The van der Waals surface area contributed by atoms with Crippen LogP contribution in [0.15, 0.2) is 53.9 Å². The van der Waals surface area contributed by atoms with Crippen LogP contribution in [0, 0.1) is 17.1 Å². The summed E-state index contributed by atoms with van der Waals surface area (Å²) in [6.07, 6.45) is 6.04. The van der Waals surface area contributed by atoms with E-state index in [2.05, 4.69) is 23.2 Å². The van der Waals surface area contributed by atoms with Crippen LogP contribution < -0.4 is 0 Å². The zero-order valence-electron chi connectivity index (χ0n) is 14.4. The van der Waals surface area contributed by atoms with E-state index in [1.54, 1.807) is 23.6 Å². The number of hydrogen-bond acceptors (Lipinski definition) is 4. The summed E-state index contributed by atoms with van der Waals surface area (Å²) in [7, 11) is 0. The van der Waals surface area contributed by atoms with Crippen molar-refractivity contribution in [3.05, 3.63) is 81.4 Å². The summed E-state index contributed by atoms with van der Waals surface area (Å²) in [6, 6.07) is 13.7. The summed E-state index contributed by atoms with van der Waals surface area (Å²) in [6.45, 7) is 0. The van der Waals surface area contributed by atoms with Gasteiger partial charge < -0.3 is 0 Å². The van der Waals surface area contributed by atoms with Crippen LogP contribution in [0.4, 0.5) is 4.39 Å². The van der Waals surface area contributed by atoms with Crippen LogP contribution in [0.25, 0.3) is 17.3 Å². The number of rotatable bonds is 4. The molecule has 5 heteroatoms. The lowest BCUT2D eigenvalue weighted by Gasteiger charge is -2.12. The van der Waals surface area contributed by atoms with E-state index < -0.39 is 5.92 Å². The fraction of sp³-hybridized carbons (Fsp3) is 0.136. The first-order valence-corrected chi connectivity index (χ1v) is 9.48. The van der Waals surface area contributed by atoms with Gasteiger partial charge in [0.1, 0.15) is 10.8 Å². The highest BCUT2D eigenvalue weighted by Gasteiger charge is 2.26. The molecule has 2 aromatic carbocycles. The molecule has 1 aliphatic carbocycles. The molecule has 0 amide bonds. The smallest absolute Gasteiger partial charge is 0.186 e. The normalized spacial score (nSPS) is 13.6. The number of hydrogen-bond donors (Lipinski definition) is 0. The Bertz CT molecular complexity index is 1080. The Morgan fingerprint density at radius 2 is 2.04 bits per heavy atom. The van der Waals surface area contributed by atoms with Crippen molar-refractivity contribution in [3.8, 4) is 17.3 Å². The predicted molar refractivity (Wildman–Crippen MR) is 104 cm³/mol. The van der Waals surface area contributed by atoms with Crippen molar-refractivity contribution in [3.63, 3.8) is 0 Å². The molecule has 3 nitrogen and oxygen atoms in total. The highest BCUT2D eigenvalue weighted by Crippen LogP contribution is 2.30. The fourth-order valence-corrected chi connectivity index (χ4v) is 4.02. The lowest BCUT2D eigenvalue weighted by molar-refractivity contribution is 0.0978. The number of benzene rings is 2. The van der Waals surface area contributed by atoms with Crippen LogP contribution in [-0.2, 0) is 6.42 Å². The highest BCUT2D eigenvalue weighted by atomic mass is 32.1. The molecule has 0 N–H and O–H groups in total. The molecule has 27 heavy (non-hydrogen) atoms. The maximum absolute atomic E-state index is 13.1. The minimum Gasteiger partial charge on any atom is -0.292 e. The van der Waals surface area contributed by atoms with E-state index >= 15 is 0 Å². The van der Waals surface area contributed by atoms with Gasteiger partial charge in [-0.05, 0) is 54.3 Å². The highest BCUT2D eigenvalue weighted by molar-refractivity contribution is 7.10. The maximum atomic E-state index is 13.1. The number of nitrogens with zero attached hydrogens (tertiary/aromatic N) is 2. The number of fused-ring (bicyclic) bond motifs is 1. The Morgan fingerprint density at radius 3 is 2.81 bits per heavy atom. The van der Waals surface area contributed by atoms with Crippen molar-refractivity contribution in [2.75, 3.05) is 0 Å². The molecule has 1 atom stereocenters. The molecule has 4 rings (SSSR count). The molecule has 3 aromatic rings. The Labute approximate surface area is 160 Å². The van der Waals surface area contributed by atoms with Gasteiger partial charge in [-0.1, -0.05) is 24.3 Å². The second-order valence-corrected chi connectivity index (χ2v) is 7.25. The van der Waals surface area contributed by atoms with Crippen LogP contribution in [-0.4, -0.2) is 10.8 Å². The van der Waals surface area contributed by atoms with Gasteiger partial charge in [-0.25, -0.2) is 9.37 Å². The molecule has 132 valence electrons. The van der Waals surface area contributed by atoms with Crippen LogP contribution in [0.3, 0.4) is 0 Å². The molecular formula is C22H15FN2OS. The number of aromatic nitrogens is 1. The second kappa shape index (κ2) is 7.26. The average Bonchev–Trinajstić information content (AvgIpc) is 3.18. The van der Waals surface area contributed by atoms with Crippen LogP contribution >= 0.6 is 11.3 Å². The molecule has 1 heterocycles. The molecule has 0 saturated carbocycles. The van der Waals surface area contributed by atoms with Gasteiger partial charge in [0.15, 0.2) is 11.7 Å². The maximum Gasteiger partial charge on any atom is 0.186 e. The van der Waals surface area contributed by atoms with Crippen LogP contribution in [0.2, 0.25) is 0 Å². The number of thiazole rings is 1. The zero-order valence-corrected chi connectivity index (χ0v) is 15.2. The van der Waals surface area contributed by atoms with Crippen LogP contribution in [0.1, 0.15) is 38.8 Å². The Morgan fingerprint density at radius 1 is 1.22 bits per heavy atom. The van der Waals surface area contributed by atoms with Crippen molar-refractivity contribution in [1.29, 1.82) is 5.26 Å². The largest absolute Gasteiger partial charge is 0.292 e. The van der Waals surface area contributed by atoms with Gasteiger partial charge in [-0.15, -0.1) is 11.3 Å². The minimum atomic E-state index is -0.943. The van der Waals surface area contributed by atoms with Gasteiger partial charge in [0.05, 0.1) is 11.8 Å². The van der Waals surface area contributed by atoms with Crippen molar-refractivity contribution in [1.82, 2.24) is 4.98 Å². The molecule has 1 unspecified atom stereocenters.